The molecule has 0 amide bonds. The van der Waals surface area contributed by atoms with Gasteiger partial charge in [-0.05, 0) is 31.9 Å². The van der Waals surface area contributed by atoms with E-state index >= 15 is 0 Å². The van der Waals surface area contributed by atoms with E-state index in [1.165, 1.54) is 0 Å². The van der Waals surface area contributed by atoms with Gasteiger partial charge in [0.05, 0.1) is 19.3 Å². The summed E-state index contributed by atoms with van der Waals surface area (Å²) in [6, 6.07) is 4.01. The van der Waals surface area contributed by atoms with Gasteiger partial charge in [-0.2, -0.15) is 4.52 Å². The number of morpholine rings is 1. The van der Waals surface area contributed by atoms with E-state index in [1.807, 2.05) is 16.6 Å². The van der Waals surface area contributed by atoms with Crippen molar-refractivity contribution in [3.05, 3.63) is 18.0 Å². The Morgan fingerprint density at radius 1 is 1.35 bits per heavy atom. The quantitative estimate of drug-likeness (QED) is 0.835. The van der Waals surface area contributed by atoms with Gasteiger partial charge >= 0.3 is 0 Å². The highest BCUT2D eigenvalue weighted by Crippen LogP contribution is 2.31. The van der Waals surface area contributed by atoms with Crippen LogP contribution in [-0.4, -0.2) is 57.8 Å². The summed E-state index contributed by atoms with van der Waals surface area (Å²) in [7, 11) is 0. The molecule has 23 heavy (non-hydrogen) atoms. The first kappa shape index (κ1) is 14.8. The van der Waals surface area contributed by atoms with Crippen LogP contribution in [0.15, 0.2) is 12.1 Å². The van der Waals surface area contributed by atoms with Gasteiger partial charge in [-0.3, -0.25) is 0 Å². The van der Waals surface area contributed by atoms with Gasteiger partial charge in [0.25, 0.3) is 0 Å². The van der Waals surface area contributed by atoms with Crippen LogP contribution in [0.4, 0.5) is 5.82 Å². The predicted molar refractivity (Wildman–Crippen MR) is 85.7 cm³/mol. The van der Waals surface area contributed by atoms with Crippen molar-refractivity contribution < 1.29 is 9.47 Å². The fraction of sp³-hybridized carbons (Fsp3) is 0.688. The number of aryl methyl sites for hydroxylation is 1. The third-order valence-electron chi connectivity index (χ3n) is 4.65. The van der Waals surface area contributed by atoms with E-state index in [1.54, 1.807) is 0 Å². The largest absolute Gasteiger partial charge is 0.378 e. The van der Waals surface area contributed by atoms with E-state index in [4.69, 9.17) is 14.6 Å². The summed E-state index contributed by atoms with van der Waals surface area (Å²) >= 11 is 0. The average Bonchev–Trinajstić information content (AvgIpc) is 2.97. The van der Waals surface area contributed by atoms with Gasteiger partial charge < -0.3 is 14.4 Å². The second-order valence-electron chi connectivity index (χ2n) is 6.58. The number of ether oxygens (including phenoxy) is 2. The molecule has 7 heteroatoms. The molecule has 0 bridgehead atoms. The summed E-state index contributed by atoms with van der Waals surface area (Å²) in [5, 5.41) is 13.1. The van der Waals surface area contributed by atoms with Crippen molar-refractivity contribution in [1.29, 1.82) is 0 Å². The standard InChI is InChI=1S/C16H23N5O2/c1-3-13-17-18-14-5-6-15(19-21(13)14)20-9-12(2)23-16(10-20)7-4-8-22-11-16/h5-6,12H,3-4,7-11H2,1-2H3/t12-,16+/m1/s1. The minimum Gasteiger partial charge on any atom is -0.378 e. The van der Waals surface area contributed by atoms with E-state index in [9.17, 15) is 0 Å². The number of aromatic nitrogens is 4. The van der Waals surface area contributed by atoms with Crippen LogP contribution in [0.25, 0.3) is 5.65 Å². The number of hydrogen-bond donors (Lipinski definition) is 0. The molecular formula is C16H23N5O2. The lowest BCUT2D eigenvalue weighted by atomic mass is 9.93. The lowest BCUT2D eigenvalue weighted by Gasteiger charge is -2.47. The first-order valence-electron chi connectivity index (χ1n) is 8.41. The van der Waals surface area contributed by atoms with Gasteiger partial charge in [-0.25, -0.2) is 0 Å². The van der Waals surface area contributed by atoms with E-state index in [2.05, 4.69) is 28.9 Å². The molecule has 1 spiro atoms. The Balaban J connectivity index is 1.65. The lowest BCUT2D eigenvalue weighted by molar-refractivity contribution is -0.160. The second-order valence-corrected chi connectivity index (χ2v) is 6.58. The Morgan fingerprint density at radius 2 is 2.26 bits per heavy atom. The fourth-order valence-corrected chi connectivity index (χ4v) is 3.66. The second kappa shape index (κ2) is 5.72. The Hall–Kier alpha value is -1.73. The first-order chi connectivity index (χ1) is 11.2. The summed E-state index contributed by atoms with van der Waals surface area (Å²) in [6.45, 7) is 7.35. The molecular weight excluding hydrogens is 294 g/mol. The van der Waals surface area contributed by atoms with Gasteiger partial charge in [0, 0.05) is 19.6 Å². The van der Waals surface area contributed by atoms with Crippen molar-refractivity contribution in [3.8, 4) is 0 Å². The van der Waals surface area contributed by atoms with Gasteiger partial charge in [0.15, 0.2) is 11.5 Å². The number of hydrogen-bond acceptors (Lipinski definition) is 6. The minimum absolute atomic E-state index is 0.162. The molecule has 4 rings (SSSR count). The van der Waals surface area contributed by atoms with Crippen LogP contribution in [0.2, 0.25) is 0 Å². The summed E-state index contributed by atoms with van der Waals surface area (Å²) in [4.78, 5) is 2.31. The monoisotopic (exact) mass is 317 g/mol. The average molecular weight is 317 g/mol. The van der Waals surface area contributed by atoms with Crippen LogP contribution < -0.4 is 4.90 Å². The maximum Gasteiger partial charge on any atom is 0.178 e. The van der Waals surface area contributed by atoms with E-state index in [0.29, 0.717) is 6.61 Å². The molecule has 2 aromatic rings. The molecule has 2 aliphatic heterocycles. The van der Waals surface area contributed by atoms with Crippen LogP contribution in [0, 0.1) is 0 Å². The smallest absolute Gasteiger partial charge is 0.178 e. The van der Waals surface area contributed by atoms with Gasteiger partial charge in [-0.15, -0.1) is 15.3 Å². The first-order valence-corrected chi connectivity index (χ1v) is 8.41. The Morgan fingerprint density at radius 3 is 3.04 bits per heavy atom. The number of rotatable bonds is 2. The van der Waals surface area contributed by atoms with E-state index < -0.39 is 0 Å². The van der Waals surface area contributed by atoms with Gasteiger partial charge in [-0.1, -0.05) is 6.92 Å². The van der Waals surface area contributed by atoms with Crippen molar-refractivity contribution in [3.63, 3.8) is 0 Å². The molecule has 2 aromatic heterocycles. The molecule has 0 unspecified atom stereocenters. The number of fused-ring (bicyclic) bond motifs is 1. The summed E-state index contributed by atoms with van der Waals surface area (Å²) in [6.07, 6.45) is 3.07. The normalized spacial score (nSPS) is 28.6. The predicted octanol–water partition coefficient (Wildman–Crippen LogP) is 1.46. The van der Waals surface area contributed by atoms with Crippen LogP contribution in [-0.2, 0) is 15.9 Å². The highest BCUT2D eigenvalue weighted by Gasteiger charge is 2.41. The molecule has 7 nitrogen and oxygen atoms in total. The lowest BCUT2D eigenvalue weighted by Crippen LogP contribution is -2.59. The minimum atomic E-state index is -0.201. The number of anilines is 1. The van der Waals surface area contributed by atoms with Crippen molar-refractivity contribution in [1.82, 2.24) is 19.8 Å². The highest BCUT2D eigenvalue weighted by molar-refractivity contribution is 5.46. The molecule has 4 heterocycles. The summed E-state index contributed by atoms with van der Waals surface area (Å²) < 4.78 is 13.8. The molecule has 0 aromatic carbocycles. The van der Waals surface area contributed by atoms with Crippen molar-refractivity contribution in [2.45, 2.75) is 44.8 Å². The molecule has 124 valence electrons. The molecule has 0 radical (unpaired) electrons. The van der Waals surface area contributed by atoms with Gasteiger partial charge in [0.1, 0.15) is 11.4 Å². The SMILES string of the molecule is CCc1nnc2ccc(N3C[C@@H](C)O[C@@]4(CCCOC4)C3)nn12. The van der Waals surface area contributed by atoms with Crippen molar-refractivity contribution >= 4 is 11.5 Å². The Bertz CT molecular complexity index is 695. The molecule has 2 aliphatic rings. The molecule has 2 saturated heterocycles. The molecule has 2 atom stereocenters. The Kier molecular flexibility index (Phi) is 3.69. The highest BCUT2D eigenvalue weighted by atomic mass is 16.6. The molecule has 0 N–H and O–H groups in total. The molecule has 2 fully saturated rings. The molecule has 0 aliphatic carbocycles. The molecule has 0 saturated carbocycles. The van der Waals surface area contributed by atoms with E-state index in [0.717, 1.165) is 56.2 Å². The zero-order valence-electron chi connectivity index (χ0n) is 13.7. The third-order valence-corrected chi connectivity index (χ3v) is 4.65. The summed E-state index contributed by atoms with van der Waals surface area (Å²) in [5.74, 6) is 1.84. The fourth-order valence-electron chi connectivity index (χ4n) is 3.66. The van der Waals surface area contributed by atoms with Crippen molar-refractivity contribution in [2.24, 2.45) is 0 Å². The van der Waals surface area contributed by atoms with Crippen LogP contribution >= 0.6 is 0 Å². The van der Waals surface area contributed by atoms with Gasteiger partial charge in [0.2, 0.25) is 0 Å². The van der Waals surface area contributed by atoms with Crippen LogP contribution in [0.3, 0.4) is 0 Å². The van der Waals surface area contributed by atoms with Crippen LogP contribution in [0.5, 0.6) is 0 Å². The summed E-state index contributed by atoms with van der Waals surface area (Å²) in [5.41, 5.74) is 0.593. The maximum absolute atomic E-state index is 6.26. The zero-order valence-corrected chi connectivity index (χ0v) is 13.7. The zero-order chi connectivity index (χ0) is 15.9. The van der Waals surface area contributed by atoms with Crippen molar-refractivity contribution in [2.75, 3.05) is 31.2 Å². The van der Waals surface area contributed by atoms with E-state index in [-0.39, 0.29) is 11.7 Å². The topological polar surface area (TPSA) is 64.8 Å². The Labute approximate surface area is 135 Å². The third kappa shape index (κ3) is 2.68. The maximum atomic E-state index is 6.26. The van der Waals surface area contributed by atoms with Crippen LogP contribution in [0.1, 0.15) is 32.5 Å². The number of nitrogens with zero attached hydrogens (tertiary/aromatic N) is 5.